The van der Waals surface area contributed by atoms with Crippen LogP contribution in [-0.2, 0) is 16.4 Å². The molecule has 2 rings (SSSR count). The summed E-state index contributed by atoms with van der Waals surface area (Å²) >= 11 is 5.77. The average Bonchev–Trinajstić information content (AvgIpc) is 2.88. The van der Waals surface area contributed by atoms with E-state index in [0.717, 1.165) is 0 Å². The van der Waals surface area contributed by atoms with Gasteiger partial charge in [0, 0.05) is 19.3 Å². The van der Waals surface area contributed by atoms with Crippen LogP contribution in [0, 0.1) is 0 Å². The van der Waals surface area contributed by atoms with Crippen LogP contribution >= 0.6 is 11.6 Å². The molecule has 1 aliphatic heterocycles. The zero-order valence-electron chi connectivity index (χ0n) is 10.9. The SMILES string of the molecule is O=S1(=O)C[C@@H](O)[C@H](N(CCO)CCn2cc(Cl)cn2)C1. The lowest BCUT2D eigenvalue weighted by atomic mass is 10.2. The summed E-state index contributed by atoms with van der Waals surface area (Å²) in [6.45, 7) is 1.21. The van der Waals surface area contributed by atoms with Gasteiger partial charge in [-0.2, -0.15) is 5.10 Å². The Labute approximate surface area is 122 Å². The topological polar surface area (TPSA) is 95.7 Å². The Bertz CT molecular complexity index is 548. The van der Waals surface area contributed by atoms with Crippen molar-refractivity contribution >= 4 is 21.4 Å². The fraction of sp³-hybridized carbons (Fsp3) is 0.727. The molecule has 0 aromatic carbocycles. The van der Waals surface area contributed by atoms with E-state index in [1.165, 1.54) is 6.20 Å². The second-order valence-electron chi connectivity index (χ2n) is 4.89. The van der Waals surface area contributed by atoms with Crippen LogP contribution in [0.1, 0.15) is 0 Å². The molecule has 0 aliphatic carbocycles. The van der Waals surface area contributed by atoms with E-state index in [0.29, 0.717) is 24.7 Å². The smallest absolute Gasteiger partial charge is 0.154 e. The van der Waals surface area contributed by atoms with Crippen LogP contribution in [0.2, 0.25) is 5.02 Å². The summed E-state index contributed by atoms with van der Waals surface area (Å²) in [5.74, 6) is -0.290. The molecule has 1 aromatic rings. The first-order valence-electron chi connectivity index (χ1n) is 6.32. The first kappa shape index (κ1) is 15.7. The van der Waals surface area contributed by atoms with Crippen LogP contribution in [0.3, 0.4) is 0 Å². The molecule has 0 radical (unpaired) electrons. The van der Waals surface area contributed by atoms with Gasteiger partial charge in [0.05, 0.1) is 48.0 Å². The fourth-order valence-corrected chi connectivity index (χ4v) is 4.41. The van der Waals surface area contributed by atoms with Crippen molar-refractivity contribution in [2.45, 2.75) is 18.7 Å². The zero-order valence-corrected chi connectivity index (χ0v) is 12.5. The molecule has 9 heteroatoms. The minimum absolute atomic E-state index is 0.0754. The first-order valence-corrected chi connectivity index (χ1v) is 8.52. The lowest BCUT2D eigenvalue weighted by molar-refractivity contribution is 0.0674. The molecule has 1 aliphatic rings. The van der Waals surface area contributed by atoms with Crippen LogP contribution in [-0.4, -0.2) is 76.7 Å². The summed E-state index contributed by atoms with van der Waals surface area (Å²) in [7, 11) is -3.20. The molecular weight excluding hydrogens is 306 g/mol. The van der Waals surface area contributed by atoms with Crippen molar-refractivity contribution < 1.29 is 18.6 Å². The Morgan fingerprint density at radius 3 is 2.70 bits per heavy atom. The summed E-state index contributed by atoms with van der Waals surface area (Å²) in [5.41, 5.74) is 0. The highest BCUT2D eigenvalue weighted by atomic mass is 35.5. The van der Waals surface area contributed by atoms with E-state index < -0.39 is 22.0 Å². The van der Waals surface area contributed by atoms with Crippen molar-refractivity contribution in [3.8, 4) is 0 Å². The van der Waals surface area contributed by atoms with Gasteiger partial charge in [0.1, 0.15) is 0 Å². The first-order chi connectivity index (χ1) is 9.41. The Morgan fingerprint density at radius 2 is 2.20 bits per heavy atom. The number of nitrogens with zero attached hydrogens (tertiary/aromatic N) is 3. The Kier molecular flexibility index (Phi) is 5.03. The maximum atomic E-state index is 11.6. The predicted octanol–water partition coefficient (Wildman–Crippen LogP) is -1.01. The monoisotopic (exact) mass is 323 g/mol. The Balaban J connectivity index is 2.00. The van der Waals surface area contributed by atoms with E-state index in [4.69, 9.17) is 16.7 Å². The summed E-state index contributed by atoms with van der Waals surface area (Å²) in [6.07, 6.45) is 2.28. The van der Waals surface area contributed by atoms with E-state index in [9.17, 15) is 13.5 Å². The van der Waals surface area contributed by atoms with Gasteiger partial charge in [0.2, 0.25) is 0 Å². The summed E-state index contributed by atoms with van der Waals surface area (Å²) in [4.78, 5) is 1.78. The highest BCUT2D eigenvalue weighted by molar-refractivity contribution is 7.91. The van der Waals surface area contributed by atoms with Crippen molar-refractivity contribution in [2.75, 3.05) is 31.2 Å². The standard InChI is InChI=1S/C11H18ClN3O4S/c12-9-5-13-15(6-9)2-1-14(3-4-16)10-7-20(18,19)8-11(10)17/h5-6,10-11,16-17H,1-4,7-8H2/t10-,11-/m1/s1. The second-order valence-corrected chi connectivity index (χ2v) is 7.48. The van der Waals surface area contributed by atoms with E-state index in [1.54, 1.807) is 15.8 Å². The average molecular weight is 324 g/mol. The van der Waals surface area contributed by atoms with Crippen molar-refractivity contribution in [3.05, 3.63) is 17.4 Å². The number of hydrogen-bond donors (Lipinski definition) is 2. The maximum Gasteiger partial charge on any atom is 0.154 e. The van der Waals surface area contributed by atoms with Gasteiger partial charge in [-0.05, 0) is 0 Å². The summed E-state index contributed by atoms with van der Waals surface area (Å²) in [5, 5.41) is 23.5. The Morgan fingerprint density at radius 1 is 1.45 bits per heavy atom. The highest BCUT2D eigenvalue weighted by Crippen LogP contribution is 2.18. The molecule has 0 saturated carbocycles. The van der Waals surface area contributed by atoms with E-state index in [2.05, 4.69) is 5.10 Å². The van der Waals surface area contributed by atoms with Crippen molar-refractivity contribution in [1.82, 2.24) is 14.7 Å². The minimum Gasteiger partial charge on any atom is -0.395 e. The van der Waals surface area contributed by atoms with Gasteiger partial charge in [-0.1, -0.05) is 11.6 Å². The van der Waals surface area contributed by atoms with E-state index in [1.807, 2.05) is 0 Å². The van der Waals surface area contributed by atoms with Gasteiger partial charge < -0.3 is 10.2 Å². The van der Waals surface area contributed by atoms with Gasteiger partial charge in [-0.25, -0.2) is 8.42 Å². The van der Waals surface area contributed by atoms with Gasteiger partial charge in [0.15, 0.2) is 9.84 Å². The van der Waals surface area contributed by atoms with Crippen LogP contribution in [0.25, 0.3) is 0 Å². The van der Waals surface area contributed by atoms with Gasteiger partial charge in [-0.3, -0.25) is 9.58 Å². The van der Waals surface area contributed by atoms with E-state index >= 15 is 0 Å². The number of aliphatic hydroxyl groups excluding tert-OH is 2. The number of halogens is 1. The lowest BCUT2D eigenvalue weighted by Crippen LogP contribution is -2.46. The molecule has 2 N–H and O–H groups in total. The highest BCUT2D eigenvalue weighted by Gasteiger charge is 2.39. The summed E-state index contributed by atoms with van der Waals surface area (Å²) < 4.78 is 24.7. The molecule has 2 heterocycles. The molecule has 20 heavy (non-hydrogen) atoms. The van der Waals surface area contributed by atoms with Crippen LogP contribution in [0.15, 0.2) is 12.4 Å². The van der Waals surface area contributed by atoms with Crippen LogP contribution in [0.4, 0.5) is 0 Å². The molecule has 1 fully saturated rings. The molecule has 2 atom stereocenters. The molecule has 7 nitrogen and oxygen atoms in total. The van der Waals surface area contributed by atoms with Crippen molar-refractivity contribution in [3.63, 3.8) is 0 Å². The quantitative estimate of drug-likeness (QED) is 0.696. The maximum absolute atomic E-state index is 11.6. The molecule has 0 bridgehead atoms. The number of hydrogen-bond acceptors (Lipinski definition) is 6. The molecule has 1 saturated heterocycles. The number of rotatable bonds is 6. The van der Waals surface area contributed by atoms with Gasteiger partial charge in [0.25, 0.3) is 0 Å². The molecule has 0 unspecified atom stereocenters. The number of aliphatic hydroxyl groups is 2. The second kappa shape index (κ2) is 6.40. The number of sulfone groups is 1. The van der Waals surface area contributed by atoms with Crippen LogP contribution < -0.4 is 0 Å². The number of aromatic nitrogens is 2. The van der Waals surface area contributed by atoms with Crippen molar-refractivity contribution in [1.29, 1.82) is 0 Å². The van der Waals surface area contributed by atoms with E-state index in [-0.39, 0.29) is 18.1 Å². The minimum atomic E-state index is -3.20. The summed E-state index contributed by atoms with van der Waals surface area (Å²) in [6, 6.07) is -0.474. The zero-order chi connectivity index (χ0) is 14.8. The predicted molar refractivity (Wildman–Crippen MR) is 74.3 cm³/mol. The Hall–Kier alpha value is -0.670. The largest absolute Gasteiger partial charge is 0.395 e. The molecular formula is C11H18ClN3O4S. The molecule has 114 valence electrons. The normalized spacial score (nSPS) is 25.4. The van der Waals surface area contributed by atoms with Crippen LogP contribution in [0.5, 0.6) is 0 Å². The van der Waals surface area contributed by atoms with Crippen molar-refractivity contribution in [2.24, 2.45) is 0 Å². The molecule has 1 aromatic heterocycles. The third-order valence-electron chi connectivity index (χ3n) is 3.37. The third kappa shape index (κ3) is 3.92. The third-order valence-corrected chi connectivity index (χ3v) is 5.26. The molecule has 0 amide bonds. The molecule has 0 spiro atoms. The fourth-order valence-electron chi connectivity index (χ4n) is 2.42. The van der Waals surface area contributed by atoms with Gasteiger partial charge in [-0.15, -0.1) is 0 Å². The van der Waals surface area contributed by atoms with Gasteiger partial charge >= 0.3 is 0 Å². The lowest BCUT2D eigenvalue weighted by Gasteiger charge is -2.29.